The summed E-state index contributed by atoms with van der Waals surface area (Å²) in [6.07, 6.45) is 3.23. The van der Waals surface area contributed by atoms with Crippen LogP contribution in [0.4, 0.5) is 0 Å². The lowest BCUT2D eigenvalue weighted by atomic mass is 9.93. The second-order valence-electron chi connectivity index (χ2n) is 5.37. The average molecular weight is 308 g/mol. The van der Waals surface area contributed by atoms with Crippen LogP contribution in [-0.2, 0) is 10.0 Å². The van der Waals surface area contributed by atoms with Crippen LogP contribution in [0.2, 0.25) is 0 Å². The highest BCUT2D eigenvalue weighted by molar-refractivity contribution is 7.89. The zero-order valence-corrected chi connectivity index (χ0v) is 12.9. The molecule has 5 nitrogen and oxygen atoms in total. The van der Waals surface area contributed by atoms with Gasteiger partial charge in [-0.2, -0.15) is 9.57 Å². The molecule has 1 fully saturated rings. The van der Waals surface area contributed by atoms with Crippen molar-refractivity contribution in [2.24, 2.45) is 0 Å². The fourth-order valence-electron chi connectivity index (χ4n) is 2.46. The summed E-state index contributed by atoms with van der Waals surface area (Å²) in [6, 6.07) is 6.67. The van der Waals surface area contributed by atoms with Crippen molar-refractivity contribution >= 4 is 10.0 Å². The fourth-order valence-corrected chi connectivity index (χ4v) is 4.27. The lowest BCUT2D eigenvalue weighted by Crippen LogP contribution is -2.44. The van der Waals surface area contributed by atoms with Crippen LogP contribution in [0.3, 0.4) is 0 Å². The monoisotopic (exact) mass is 308 g/mol. The molecule has 114 valence electrons. The van der Waals surface area contributed by atoms with Gasteiger partial charge in [-0.15, -0.1) is 0 Å². The van der Waals surface area contributed by atoms with E-state index in [0.717, 1.165) is 19.3 Å². The van der Waals surface area contributed by atoms with Crippen molar-refractivity contribution in [2.75, 3.05) is 13.2 Å². The Morgan fingerprint density at radius 3 is 2.62 bits per heavy atom. The summed E-state index contributed by atoms with van der Waals surface area (Å²) in [5.74, 6) is 0. The van der Waals surface area contributed by atoms with Gasteiger partial charge in [0.05, 0.1) is 16.5 Å². The van der Waals surface area contributed by atoms with E-state index in [0.29, 0.717) is 24.1 Å². The fraction of sp³-hybridized carbons (Fsp3) is 0.533. The highest BCUT2D eigenvalue weighted by Crippen LogP contribution is 2.30. The summed E-state index contributed by atoms with van der Waals surface area (Å²) < 4.78 is 27.1. The van der Waals surface area contributed by atoms with E-state index < -0.39 is 10.0 Å². The largest absolute Gasteiger partial charge is 0.396 e. The van der Waals surface area contributed by atoms with Crippen LogP contribution in [0, 0.1) is 18.3 Å². The first-order valence-electron chi connectivity index (χ1n) is 7.14. The second-order valence-corrected chi connectivity index (χ2v) is 7.26. The predicted octanol–water partition coefficient (Wildman–Crippen LogP) is 1.79. The minimum absolute atomic E-state index is 0.0227. The number of hydrogen-bond donors (Lipinski definition) is 1. The number of aliphatic hydroxyl groups excluding tert-OH is 1. The van der Waals surface area contributed by atoms with E-state index in [1.807, 2.05) is 6.07 Å². The van der Waals surface area contributed by atoms with E-state index in [2.05, 4.69) is 0 Å². The molecule has 0 spiro atoms. The first kappa shape index (κ1) is 16.0. The van der Waals surface area contributed by atoms with Crippen molar-refractivity contribution in [2.45, 2.75) is 43.5 Å². The lowest BCUT2D eigenvalue weighted by Gasteiger charge is -2.36. The molecule has 1 aliphatic rings. The lowest BCUT2D eigenvalue weighted by molar-refractivity contribution is 0.198. The molecule has 0 radical (unpaired) electrons. The van der Waals surface area contributed by atoms with Crippen LogP contribution >= 0.6 is 0 Å². The minimum Gasteiger partial charge on any atom is -0.396 e. The van der Waals surface area contributed by atoms with Crippen molar-refractivity contribution in [1.29, 1.82) is 5.26 Å². The van der Waals surface area contributed by atoms with Crippen molar-refractivity contribution < 1.29 is 13.5 Å². The van der Waals surface area contributed by atoms with Crippen molar-refractivity contribution in [3.8, 4) is 6.07 Å². The Balaban J connectivity index is 2.33. The molecule has 6 heteroatoms. The second kappa shape index (κ2) is 6.56. The van der Waals surface area contributed by atoms with E-state index in [1.165, 1.54) is 10.4 Å². The number of nitrogens with zero attached hydrogens (tertiary/aromatic N) is 2. The van der Waals surface area contributed by atoms with Crippen LogP contribution in [0.5, 0.6) is 0 Å². The normalized spacial score (nSPS) is 15.7. The third-order valence-corrected chi connectivity index (χ3v) is 5.89. The van der Waals surface area contributed by atoms with E-state index in [-0.39, 0.29) is 17.5 Å². The van der Waals surface area contributed by atoms with Gasteiger partial charge >= 0.3 is 0 Å². The maximum atomic E-state index is 12.8. The van der Waals surface area contributed by atoms with Gasteiger partial charge < -0.3 is 5.11 Å². The molecule has 2 rings (SSSR count). The Morgan fingerprint density at radius 2 is 2.14 bits per heavy atom. The first-order valence-corrected chi connectivity index (χ1v) is 8.58. The van der Waals surface area contributed by atoms with Gasteiger partial charge in [-0.1, -0.05) is 6.42 Å². The maximum Gasteiger partial charge on any atom is 0.243 e. The molecular weight excluding hydrogens is 288 g/mol. The summed E-state index contributed by atoms with van der Waals surface area (Å²) in [6.45, 7) is 2.05. The molecule has 0 unspecified atom stereocenters. The summed E-state index contributed by atoms with van der Waals surface area (Å²) in [4.78, 5) is 0.226. The predicted molar refractivity (Wildman–Crippen MR) is 79.1 cm³/mol. The summed E-state index contributed by atoms with van der Waals surface area (Å²) >= 11 is 0. The molecule has 0 atom stereocenters. The van der Waals surface area contributed by atoms with Crippen LogP contribution in [0.25, 0.3) is 0 Å². The van der Waals surface area contributed by atoms with Crippen LogP contribution < -0.4 is 0 Å². The molecule has 1 aromatic rings. The molecule has 0 aliphatic heterocycles. The summed E-state index contributed by atoms with van der Waals surface area (Å²) in [5.41, 5.74) is 1.15. The highest BCUT2D eigenvalue weighted by Gasteiger charge is 2.34. The van der Waals surface area contributed by atoms with Crippen molar-refractivity contribution in [3.63, 3.8) is 0 Å². The molecule has 1 aromatic carbocycles. The number of rotatable bonds is 6. The van der Waals surface area contributed by atoms with Gasteiger partial charge in [-0.05, 0) is 49.9 Å². The van der Waals surface area contributed by atoms with Crippen LogP contribution in [0.15, 0.2) is 23.1 Å². The van der Waals surface area contributed by atoms with E-state index in [4.69, 9.17) is 10.4 Å². The standard InChI is InChI=1S/C15H20N2O3S/c1-12-10-15(7-6-13(12)11-16)21(19,20)17(8-3-9-18)14-4-2-5-14/h6-7,10,14,18H,2-5,8-9H2,1H3. The van der Waals surface area contributed by atoms with E-state index in [1.54, 1.807) is 19.1 Å². The Morgan fingerprint density at radius 1 is 1.43 bits per heavy atom. The summed E-state index contributed by atoms with van der Waals surface area (Å²) in [7, 11) is -3.57. The zero-order valence-electron chi connectivity index (χ0n) is 12.1. The summed E-state index contributed by atoms with van der Waals surface area (Å²) in [5, 5.41) is 17.9. The average Bonchev–Trinajstić information content (AvgIpc) is 2.40. The SMILES string of the molecule is Cc1cc(S(=O)(=O)N(CCCO)C2CCC2)ccc1C#N. The third-order valence-electron chi connectivity index (χ3n) is 3.94. The van der Waals surface area contributed by atoms with Gasteiger partial charge in [0, 0.05) is 19.2 Å². The van der Waals surface area contributed by atoms with Gasteiger partial charge in [-0.3, -0.25) is 0 Å². The minimum atomic E-state index is -3.57. The molecule has 0 aromatic heterocycles. The number of aliphatic hydroxyl groups is 1. The van der Waals surface area contributed by atoms with Crippen LogP contribution in [0.1, 0.15) is 36.8 Å². The van der Waals surface area contributed by atoms with E-state index in [9.17, 15) is 8.42 Å². The molecule has 0 amide bonds. The quantitative estimate of drug-likeness (QED) is 0.868. The molecule has 0 heterocycles. The highest BCUT2D eigenvalue weighted by atomic mass is 32.2. The Bertz CT molecular complexity index is 645. The Hall–Kier alpha value is -1.42. The smallest absolute Gasteiger partial charge is 0.243 e. The van der Waals surface area contributed by atoms with Gasteiger partial charge in [-0.25, -0.2) is 8.42 Å². The molecule has 0 bridgehead atoms. The van der Waals surface area contributed by atoms with E-state index >= 15 is 0 Å². The number of aryl methyl sites for hydroxylation is 1. The molecule has 1 saturated carbocycles. The van der Waals surface area contributed by atoms with Crippen molar-refractivity contribution in [3.05, 3.63) is 29.3 Å². The van der Waals surface area contributed by atoms with Gasteiger partial charge in [0.2, 0.25) is 10.0 Å². The molecular formula is C15H20N2O3S. The first-order chi connectivity index (χ1) is 10.0. The zero-order chi connectivity index (χ0) is 15.5. The number of nitriles is 1. The third kappa shape index (κ3) is 3.26. The van der Waals surface area contributed by atoms with Crippen molar-refractivity contribution in [1.82, 2.24) is 4.31 Å². The number of hydrogen-bond acceptors (Lipinski definition) is 4. The molecule has 0 saturated heterocycles. The molecule has 1 N–H and O–H groups in total. The topological polar surface area (TPSA) is 81.4 Å². The number of sulfonamides is 1. The molecule has 1 aliphatic carbocycles. The van der Waals surface area contributed by atoms with Gasteiger partial charge in [0.15, 0.2) is 0 Å². The Kier molecular flexibility index (Phi) is 4.99. The molecule has 21 heavy (non-hydrogen) atoms. The number of benzene rings is 1. The van der Waals surface area contributed by atoms with Gasteiger partial charge in [0.1, 0.15) is 0 Å². The van der Waals surface area contributed by atoms with Crippen LogP contribution in [-0.4, -0.2) is 37.0 Å². The maximum absolute atomic E-state index is 12.8. The van der Waals surface area contributed by atoms with Gasteiger partial charge in [0.25, 0.3) is 0 Å². The Labute approximate surface area is 125 Å².